The second-order valence-corrected chi connectivity index (χ2v) is 5.25. The third-order valence-corrected chi connectivity index (χ3v) is 3.64. The third-order valence-electron chi connectivity index (χ3n) is 3.64. The van der Waals surface area contributed by atoms with E-state index in [0.29, 0.717) is 19.4 Å². The topological polar surface area (TPSA) is 59.0 Å². The van der Waals surface area contributed by atoms with Crippen LogP contribution in [0, 0.1) is 0 Å². The molecule has 0 aromatic rings. The molecular formula is C11H17NO4. The maximum absolute atomic E-state index is 11.8. The molecule has 0 aromatic carbocycles. The number of nitrogens with zero attached hydrogens (tertiary/aromatic N) is 1. The summed E-state index contributed by atoms with van der Waals surface area (Å²) in [5.74, 6) is -0.489. The Morgan fingerprint density at radius 1 is 1.56 bits per heavy atom. The van der Waals surface area contributed by atoms with Gasteiger partial charge in [0.05, 0.1) is 18.7 Å². The van der Waals surface area contributed by atoms with Gasteiger partial charge in [0.2, 0.25) is 7.34 Å². The molecule has 0 aromatic heterocycles. The molecule has 3 aliphatic rings. The number of ether oxygens (including phenoxy) is 2. The van der Waals surface area contributed by atoms with Gasteiger partial charge in [-0.1, -0.05) is 0 Å². The Hall–Kier alpha value is -0.650. The van der Waals surface area contributed by atoms with Crippen LogP contribution in [0.1, 0.15) is 26.7 Å². The van der Waals surface area contributed by atoms with Gasteiger partial charge < -0.3 is 19.5 Å². The van der Waals surface area contributed by atoms with Gasteiger partial charge in [-0.3, -0.25) is 4.79 Å². The van der Waals surface area contributed by atoms with Crippen LogP contribution >= 0.6 is 0 Å². The van der Waals surface area contributed by atoms with Crippen molar-refractivity contribution in [2.45, 2.75) is 56.8 Å². The highest BCUT2D eigenvalue weighted by molar-refractivity contribution is 5.78. The molecule has 3 saturated heterocycles. The summed E-state index contributed by atoms with van der Waals surface area (Å²) in [5.41, 5.74) is 0. The van der Waals surface area contributed by atoms with Crippen molar-refractivity contribution in [1.82, 2.24) is 4.90 Å². The normalized spacial score (nSPS) is 46.5. The molecule has 0 unspecified atom stereocenters. The molecular weight excluding hydrogens is 210 g/mol. The molecule has 0 bridgehead atoms. The van der Waals surface area contributed by atoms with E-state index in [9.17, 15) is 4.79 Å². The molecule has 5 nitrogen and oxygen atoms in total. The molecule has 90 valence electrons. The number of aliphatic hydroxyl groups excluding tert-OH is 1. The molecule has 4 atom stereocenters. The van der Waals surface area contributed by atoms with E-state index in [0.717, 1.165) is 0 Å². The number of rotatable bonds is 1. The van der Waals surface area contributed by atoms with Crippen molar-refractivity contribution in [2.75, 3.05) is 6.54 Å². The molecule has 1 amide bonds. The van der Waals surface area contributed by atoms with Crippen molar-refractivity contribution in [3.63, 3.8) is 0 Å². The molecule has 0 saturated carbocycles. The zero-order chi connectivity index (χ0) is 12.2. The summed E-state index contributed by atoms with van der Waals surface area (Å²) in [6.07, 6.45) is 0.527. The fraction of sp³-hybridized carbons (Fsp3) is 0.909. The summed E-state index contributed by atoms with van der Waals surface area (Å²) in [6.45, 7) is 4.30. The summed E-state index contributed by atoms with van der Waals surface area (Å²) in [7, 11) is 0. The summed E-state index contributed by atoms with van der Waals surface area (Å²) in [4.78, 5) is 13.6. The van der Waals surface area contributed by atoms with Crippen LogP contribution in [0.2, 0.25) is 0 Å². The Bertz CT molecular complexity index is 348. The first kappa shape index (κ1) is 9.39. The molecule has 3 aliphatic heterocycles. The Morgan fingerprint density at radius 2 is 2.38 bits per heavy atom. The third kappa shape index (κ3) is 1.38. The molecule has 3 heterocycles. The van der Waals surface area contributed by atoms with Crippen molar-refractivity contribution in [3.8, 4) is 0 Å². The predicted octanol–water partition coefficient (Wildman–Crippen LogP) is -0.128. The molecule has 3 rings (SSSR count). The van der Waals surface area contributed by atoms with Crippen LogP contribution in [0.4, 0.5) is 0 Å². The number of piperidine rings is 1. The quantitative estimate of drug-likeness (QED) is 0.680. The maximum atomic E-state index is 11.8. The number of hydrogen-bond acceptors (Lipinski definition) is 4. The van der Waals surface area contributed by atoms with E-state index in [4.69, 9.17) is 16.0 Å². The Kier molecular flexibility index (Phi) is 1.87. The lowest BCUT2D eigenvalue weighted by Crippen LogP contribution is -2.52. The van der Waals surface area contributed by atoms with Gasteiger partial charge in [-0.2, -0.15) is 0 Å². The molecule has 5 heteroatoms. The van der Waals surface area contributed by atoms with Crippen LogP contribution in [0.5, 0.6) is 0 Å². The van der Waals surface area contributed by atoms with Gasteiger partial charge in [0.1, 0.15) is 12.2 Å². The highest BCUT2D eigenvalue weighted by atomic mass is 16.8. The molecule has 0 radical (unpaired) electrons. The first-order chi connectivity index (χ1) is 8.02. The fourth-order valence-electron chi connectivity index (χ4n) is 3.05. The van der Waals surface area contributed by atoms with Crippen LogP contribution in [-0.2, 0) is 14.3 Å². The van der Waals surface area contributed by atoms with Crippen LogP contribution in [0.15, 0.2) is 0 Å². The van der Waals surface area contributed by atoms with E-state index in [1.807, 2.05) is 13.8 Å². The smallest absolute Gasteiger partial charge is 0.223 e. The largest absolute Gasteiger partial charge is 0.391 e. The van der Waals surface area contributed by atoms with E-state index >= 15 is 0 Å². The fourth-order valence-corrected chi connectivity index (χ4v) is 3.05. The number of hydrogen-bond donors (Lipinski definition) is 1. The lowest BCUT2D eigenvalue weighted by atomic mass is 9.96. The summed E-state index contributed by atoms with van der Waals surface area (Å²) < 4.78 is 18.7. The minimum Gasteiger partial charge on any atom is -0.391 e. The highest BCUT2D eigenvalue weighted by Gasteiger charge is 2.56. The van der Waals surface area contributed by atoms with Crippen LogP contribution < -0.4 is 0 Å². The lowest BCUT2D eigenvalue weighted by molar-refractivity contribution is -0.176. The zero-order valence-electron chi connectivity index (χ0n) is 10.5. The highest BCUT2D eigenvalue weighted by Crippen LogP contribution is 2.40. The average Bonchev–Trinajstić information content (AvgIpc) is 2.72. The Labute approximate surface area is 95.8 Å². The van der Waals surface area contributed by atoms with Crippen molar-refractivity contribution in [1.29, 1.82) is 1.43 Å². The van der Waals surface area contributed by atoms with Crippen LogP contribution in [0.3, 0.4) is 0 Å². The number of amides is 1. The number of aliphatic hydroxyl groups is 1. The molecule has 3 fully saturated rings. The molecule has 16 heavy (non-hydrogen) atoms. The van der Waals surface area contributed by atoms with Gasteiger partial charge in [0, 0.05) is 6.42 Å². The van der Waals surface area contributed by atoms with Gasteiger partial charge >= 0.3 is 0 Å². The van der Waals surface area contributed by atoms with Crippen molar-refractivity contribution < 1.29 is 19.4 Å². The minimum absolute atomic E-state index is 0.0882. The van der Waals surface area contributed by atoms with E-state index in [2.05, 4.69) is 0 Å². The van der Waals surface area contributed by atoms with Crippen molar-refractivity contribution in [3.05, 3.63) is 0 Å². The average molecular weight is 229 g/mol. The molecule has 0 spiro atoms. The summed E-state index contributed by atoms with van der Waals surface area (Å²) in [5, 5.41) is 4.75. The van der Waals surface area contributed by atoms with E-state index in [1.165, 1.54) is 0 Å². The summed E-state index contributed by atoms with van der Waals surface area (Å²) >= 11 is 0. The second-order valence-electron chi connectivity index (χ2n) is 5.25. The van der Waals surface area contributed by atoms with Crippen molar-refractivity contribution in [2.24, 2.45) is 0 Å². The van der Waals surface area contributed by atoms with Gasteiger partial charge in [-0.05, 0) is 20.3 Å². The van der Waals surface area contributed by atoms with Crippen LogP contribution in [0.25, 0.3) is 0 Å². The van der Waals surface area contributed by atoms with E-state index in [1.54, 1.807) is 4.90 Å². The number of carbonyl (C=O) groups is 1. The minimum atomic E-state index is -0.603. The summed E-state index contributed by atoms with van der Waals surface area (Å²) in [6, 6.07) is -0.166. The first-order valence-corrected chi connectivity index (χ1v) is 5.79. The van der Waals surface area contributed by atoms with Gasteiger partial charge in [0.25, 0.3) is 0 Å². The standard InChI is InChI=1S/C11H17NO4/c1-11(2)15-7-5-12-8(14)4-3-6(13)9(12)10(7)16-11/h6-7,9-10,13H,3-5H2,1-2H3/t6-,7-,9-,10-/m1/s1/i13T. The Balaban J connectivity index is 1.86. The predicted molar refractivity (Wildman–Crippen MR) is 54.6 cm³/mol. The number of carbonyl (C=O) groups excluding carboxylic acids is 1. The zero-order valence-corrected chi connectivity index (χ0v) is 9.51. The van der Waals surface area contributed by atoms with Crippen LogP contribution in [-0.4, -0.2) is 54.0 Å². The van der Waals surface area contributed by atoms with Crippen molar-refractivity contribution >= 4 is 5.91 Å². The first-order valence-electron chi connectivity index (χ1n) is 6.20. The molecule has 0 aliphatic carbocycles. The van der Waals surface area contributed by atoms with E-state index in [-0.39, 0.29) is 30.3 Å². The molecule has 1 N–H and O–H groups in total. The Morgan fingerprint density at radius 3 is 3.12 bits per heavy atom. The SMILES string of the molecule is [3H]O[C@@H]1CCC(=O)N2C[C@H]3OC(C)(C)O[C@H]3[C@@H]12. The second kappa shape index (κ2) is 3.18. The lowest BCUT2D eigenvalue weighted by Gasteiger charge is -2.36. The van der Waals surface area contributed by atoms with E-state index < -0.39 is 5.79 Å². The van der Waals surface area contributed by atoms with Gasteiger partial charge in [-0.15, -0.1) is 0 Å². The van der Waals surface area contributed by atoms with Gasteiger partial charge in [-0.25, -0.2) is 0 Å². The monoisotopic (exact) mass is 229 g/mol. The number of fused-ring (bicyclic) bond motifs is 3. The maximum Gasteiger partial charge on any atom is 0.223 e. The van der Waals surface area contributed by atoms with Gasteiger partial charge in [0.15, 0.2) is 5.79 Å².